The Bertz CT molecular complexity index is 1050. The van der Waals surface area contributed by atoms with E-state index >= 15 is 0 Å². The van der Waals surface area contributed by atoms with Crippen LogP contribution in [0.25, 0.3) is 11.4 Å². The van der Waals surface area contributed by atoms with Crippen molar-refractivity contribution in [3.05, 3.63) is 53.4 Å². The van der Waals surface area contributed by atoms with Crippen molar-refractivity contribution in [3.8, 4) is 28.6 Å². The van der Waals surface area contributed by atoms with Crippen molar-refractivity contribution in [1.29, 1.82) is 0 Å². The van der Waals surface area contributed by atoms with Gasteiger partial charge in [-0.05, 0) is 43.3 Å². The number of ether oxygens (including phenoxy) is 4. The van der Waals surface area contributed by atoms with Crippen LogP contribution in [-0.4, -0.2) is 35.9 Å². The summed E-state index contributed by atoms with van der Waals surface area (Å²) >= 11 is 5.88. The van der Waals surface area contributed by atoms with Crippen molar-refractivity contribution in [2.45, 2.75) is 26.2 Å². The Balaban J connectivity index is 1.60. The van der Waals surface area contributed by atoms with Crippen LogP contribution in [0.15, 0.2) is 47.0 Å². The quantitative estimate of drug-likeness (QED) is 0.436. The fourth-order valence-corrected chi connectivity index (χ4v) is 2.65. The van der Waals surface area contributed by atoms with Gasteiger partial charge in [0.05, 0.1) is 7.11 Å². The number of alkyl halides is 2. The largest absolute Gasteiger partial charge is 0.493 e. The zero-order valence-corrected chi connectivity index (χ0v) is 17.1. The van der Waals surface area contributed by atoms with Crippen LogP contribution in [0.2, 0.25) is 5.02 Å². The van der Waals surface area contributed by atoms with Crippen molar-refractivity contribution in [1.82, 2.24) is 10.1 Å². The van der Waals surface area contributed by atoms with Crippen LogP contribution in [0, 0.1) is 0 Å². The number of hydrogen-bond acceptors (Lipinski definition) is 8. The van der Waals surface area contributed by atoms with Crippen LogP contribution in [0.4, 0.5) is 8.78 Å². The Hall–Kier alpha value is -3.40. The molecule has 0 aliphatic heterocycles. The molecule has 8 nitrogen and oxygen atoms in total. The van der Waals surface area contributed by atoms with Gasteiger partial charge in [-0.15, -0.1) is 0 Å². The van der Waals surface area contributed by atoms with Crippen LogP contribution >= 0.6 is 11.6 Å². The van der Waals surface area contributed by atoms with E-state index in [9.17, 15) is 13.6 Å². The highest BCUT2D eigenvalue weighted by atomic mass is 35.5. The maximum atomic E-state index is 12.4. The van der Waals surface area contributed by atoms with Crippen molar-refractivity contribution in [3.63, 3.8) is 0 Å². The smallest absolute Gasteiger partial charge is 0.387 e. The van der Waals surface area contributed by atoms with Gasteiger partial charge in [-0.25, -0.2) is 4.79 Å². The molecule has 0 fully saturated rings. The zero-order chi connectivity index (χ0) is 22.4. The first-order valence-corrected chi connectivity index (χ1v) is 9.28. The molecule has 0 aliphatic rings. The summed E-state index contributed by atoms with van der Waals surface area (Å²) < 4.78 is 50.0. The molecule has 3 rings (SSSR count). The number of methoxy groups -OCH3 is 1. The van der Waals surface area contributed by atoms with Gasteiger partial charge in [0.15, 0.2) is 24.2 Å². The van der Waals surface area contributed by atoms with Gasteiger partial charge in [-0.3, -0.25) is 0 Å². The van der Waals surface area contributed by atoms with E-state index < -0.39 is 18.7 Å². The highest BCUT2D eigenvalue weighted by Gasteiger charge is 2.19. The van der Waals surface area contributed by atoms with E-state index in [0.717, 1.165) is 0 Å². The molecule has 1 aromatic heterocycles. The summed E-state index contributed by atoms with van der Waals surface area (Å²) in [6.07, 6.45) is -0.896. The number of aromatic nitrogens is 2. The summed E-state index contributed by atoms with van der Waals surface area (Å²) in [5.41, 5.74) is 0.428. The molecule has 0 bridgehead atoms. The summed E-state index contributed by atoms with van der Waals surface area (Å²) in [4.78, 5) is 16.2. The lowest BCUT2D eigenvalue weighted by Gasteiger charge is -2.13. The van der Waals surface area contributed by atoms with E-state index in [1.54, 1.807) is 24.3 Å². The molecular formula is C20H17ClF2N2O6. The van der Waals surface area contributed by atoms with E-state index in [1.165, 1.54) is 32.2 Å². The molecule has 0 spiro atoms. The lowest BCUT2D eigenvalue weighted by atomic mass is 10.2. The van der Waals surface area contributed by atoms with E-state index in [4.69, 9.17) is 30.3 Å². The standard InChI is InChI=1S/C20H17ClF2N2O6/c1-11(29-14-5-3-4-13(21)9-14)19(26)28-10-17-24-18(25-31-17)12-6-7-15(30-20(22)23)16(8-12)27-2/h3-9,11,20H,10H2,1-2H3. The summed E-state index contributed by atoms with van der Waals surface area (Å²) in [5, 5.41) is 4.26. The second-order valence-corrected chi connectivity index (χ2v) is 6.52. The molecule has 0 radical (unpaired) electrons. The van der Waals surface area contributed by atoms with Crippen molar-refractivity contribution < 1.29 is 37.0 Å². The van der Waals surface area contributed by atoms with Gasteiger partial charge in [0.25, 0.3) is 5.89 Å². The molecule has 3 aromatic rings. The van der Waals surface area contributed by atoms with E-state index in [0.29, 0.717) is 16.3 Å². The minimum atomic E-state index is -2.99. The van der Waals surface area contributed by atoms with Crippen molar-refractivity contribution >= 4 is 17.6 Å². The number of rotatable bonds is 9. The SMILES string of the molecule is COc1cc(-c2noc(COC(=O)C(C)Oc3cccc(Cl)c3)n2)ccc1OC(F)F. The van der Waals surface area contributed by atoms with Gasteiger partial charge in [0.2, 0.25) is 5.82 Å². The van der Waals surface area contributed by atoms with Crippen LogP contribution in [0.5, 0.6) is 17.2 Å². The molecule has 0 saturated heterocycles. The third kappa shape index (κ3) is 6.05. The molecule has 1 atom stereocenters. The van der Waals surface area contributed by atoms with Crippen molar-refractivity contribution in [2.24, 2.45) is 0 Å². The lowest BCUT2D eigenvalue weighted by Crippen LogP contribution is -2.26. The first-order chi connectivity index (χ1) is 14.9. The van der Waals surface area contributed by atoms with Crippen LogP contribution < -0.4 is 14.2 Å². The van der Waals surface area contributed by atoms with Gasteiger partial charge in [0, 0.05) is 10.6 Å². The molecule has 31 heavy (non-hydrogen) atoms. The minimum Gasteiger partial charge on any atom is -0.493 e. The van der Waals surface area contributed by atoms with Gasteiger partial charge in [-0.1, -0.05) is 22.8 Å². The molecule has 0 saturated carbocycles. The Labute approximate surface area is 180 Å². The number of halogens is 3. The summed E-state index contributed by atoms with van der Waals surface area (Å²) in [7, 11) is 1.31. The lowest BCUT2D eigenvalue weighted by molar-refractivity contribution is -0.153. The molecule has 164 valence electrons. The maximum Gasteiger partial charge on any atom is 0.387 e. The van der Waals surface area contributed by atoms with Crippen molar-refractivity contribution in [2.75, 3.05) is 7.11 Å². The molecule has 1 heterocycles. The topological polar surface area (TPSA) is 92.9 Å². The number of carbonyl (C=O) groups is 1. The predicted molar refractivity (Wildman–Crippen MR) is 104 cm³/mol. The fraction of sp³-hybridized carbons (Fsp3) is 0.250. The molecule has 2 aromatic carbocycles. The van der Waals surface area contributed by atoms with E-state index in [-0.39, 0.29) is 29.8 Å². The van der Waals surface area contributed by atoms with Crippen LogP contribution in [-0.2, 0) is 16.1 Å². The average molecular weight is 455 g/mol. The number of carbonyl (C=O) groups excluding carboxylic acids is 1. The van der Waals surface area contributed by atoms with Crippen LogP contribution in [0.3, 0.4) is 0 Å². The third-order valence-electron chi connectivity index (χ3n) is 3.88. The summed E-state index contributed by atoms with van der Waals surface area (Å²) in [5.74, 6) is -0.100. The second-order valence-electron chi connectivity index (χ2n) is 6.08. The van der Waals surface area contributed by atoms with E-state index in [2.05, 4.69) is 14.9 Å². The van der Waals surface area contributed by atoms with Gasteiger partial charge in [0.1, 0.15) is 5.75 Å². The minimum absolute atomic E-state index is 0.0326. The van der Waals surface area contributed by atoms with E-state index in [1.807, 2.05) is 0 Å². The third-order valence-corrected chi connectivity index (χ3v) is 4.12. The zero-order valence-electron chi connectivity index (χ0n) is 16.4. The number of nitrogens with zero attached hydrogens (tertiary/aromatic N) is 2. The Morgan fingerprint density at radius 1 is 1.16 bits per heavy atom. The first-order valence-electron chi connectivity index (χ1n) is 8.90. The molecule has 0 amide bonds. The Kier molecular flexibility index (Phi) is 7.24. The average Bonchev–Trinajstić information content (AvgIpc) is 3.21. The number of esters is 1. The fourth-order valence-electron chi connectivity index (χ4n) is 2.47. The van der Waals surface area contributed by atoms with Crippen LogP contribution in [0.1, 0.15) is 12.8 Å². The second kappa shape index (κ2) is 10.1. The summed E-state index contributed by atoms with van der Waals surface area (Å²) in [6.45, 7) is -1.74. The van der Waals surface area contributed by atoms with Gasteiger partial charge < -0.3 is 23.5 Å². The number of hydrogen-bond donors (Lipinski definition) is 0. The molecule has 1 unspecified atom stereocenters. The predicted octanol–water partition coefficient (Wildman–Crippen LogP) is 4.51. The first kappa shape index (κ1) is 22.3. The normalized spacial score (nSPS) is 11.8. The van der Waals surface area contributed by atoms with Gasteiger partial charge in [-0.2, -0.15) is 13.8 Å². The molecule has 11 heteroatoms. The Morgan fingerprint density at radius 2 is 1.97 bits per heavy atom. The highest BCUT2D eigenvalue weighted by molar-refractivity contribution is 6.30. The Morgan fingerprint density at radius 3 is 2.68 bits per heavy atom. The summed E-state index contributed by atoms with van der Waals surface area (Å²) in [6, 6.07) is 10.8. The molecule has 0 aliphatic carbocycles. The van der Waals surface area contributed by atoms with Gasteiger partial charge >= 0.3 is 12.6 Å². The monoisotopic (exact) mass is 454 g/mol. The molecular weight excluding hydrogens is 438 g/mol. The number of benzene rings is 2. The molecule has 0 N–H and O–H groups in total. The maximum absolute atomic E-state index is 12.4. The highest BCUT2D eigenvalue weighted by Crippen LogP contribution is 2.32.